The molecule has 0 aliphatic carbocycles. The molecular weight excluding hydrogens is 341 g/mol. The quantitative estimate of drug-likeness (QED) is 0.658. The maximum atomic E-state index is 12.6. The van der Waals surface area contributed by atoms with E-state index in [1.54, 1.807) is 6.07 Å². The Hall–Kier alpha value is -3.09. The molecule has 0 unspecified atom stereocenters. The first-order valence-corrected chi connectivity index (χ1v) is 8.05. The summed E-state index contributed by atoms with van der Waals surface area (Å²) in [6.07, 6.45) is -2.09. The lowest BCUT2D eigenvalue weighted by molar-refractivity contribution is -0.137. The van der Waals surface area contributed by atoms with Crippen LogP contribution >= 0.6 is 0 Å². The molecule has 0 radical (unpaired) electrons. The molecule has 7 heteroatoms. The van der Waals surface area contributed by atoms with E-state index in [4.69, 9.17) is 0 Å². The molecule has 0 saturated carbocycles. The van der Waals surface area contributed by atoms with Gasteiger partial charge in [0.05, 0.1) is 5.56 Å². The van der Waals surface area contributed by atoms with Crippen molar-refractivity contribution in [1.82, 2.24) is 9.97 Å². The van der Waals surface area contributed by atoms with Crippen molar-refractivity contribution in [3.05, 3.63) is 78.1 Å². The minimum atomic E-state index is -4.34. The van der Waals surface area contributed by atoms with Crippen LogP contribution in [0.1, 0.15) is 11.1 Å². The summed E-state index contributed by atoms with van der Waals surface area (Å²) in [6, 6.07) is 16.6. The van der Waals surface area contributed by atoms with E-state index < -0.39 is 11.7 Å². The van der Waals surface area contributed by atoms with Crippen LogP contribution in [0.3, 0.4) is 0 Å². The van der Waals surface area contributed by atoms with Crippen molar-refractivity contribution < 1.29 is 13.2 Å². The number of benzene rings is 2. The lowest BCUT2D eigenvalue weighted by atomic mass is 10.1. The van der Waals surface area contributed by atoms with Gasteiger partial charge in [0.25, 0.3) is 0 Å². The molecule has 0 fully saturated rings. The minimum absolute atomic E-state index is 0.502. The average molecular weight is 358 g/mol. The maximum absolute atomic E-state index is 12.6. The lowest BCUT2D eigenvalue weighted by Gasteiger charge is -2.10. The molecule has 4 nitrogen and oxygen atoms in total. The molecule has 2 N–H and O–H groups in total. The Morgan fingerprint density at radius 1 is 0.846 bits per heavy atom. The fourth-order valence-electron chi connectivity index (χ4n) is 2.39. The van der Waals surface area contributed by atoms with Gasteiger partial charge in [0.1, 0.15) is 18.0 Å². The van der Waals surface area contributed by atoms with Crippen LogP contribution in [0.5, 0.6) is 0 Å². The number of halogens is 3. The molecule has 26 heavy (non-hydrogen) atoms. The number of nitrogens with one attached hydrogen (secondary N) is 2. The van der Waals surface area contributed by atoms with Crippen LogP contribution in [0, 0.1) is 0 Å². The first kappa shape index (κ1) is 17.7. The average Bonchev–Trinajstić information content (AvgIpc) is 2.63. The van der Waals surface area contributed by atoms with Crippen molar-refractivity contribution in [2.45, 2.75) is 12.6 Å². The predicted octanol–water partition coefficient (Wildman–Crippen LogP) is 4.89. The lowest BCUT2D eigenvalue weighted by Crippen LogP contribution is -2.07. The number of hydrogen-bond acceptors (Lipinski definition) is 4. The molecule has 0 atom stereocenters. The number of alkyl halides is 3. The first-order chi connectivity index (χ1) is 12.5. The molecule has 3 rings (SSSR count). The third-order valence-corrected chi connectivity index (χ3v) is 3.71. The Morgan fingerprint density at radius 3 is 2.23 bits per heavy atom. The van der Waals surface area contributed by atoms with Gasteiger partial charge in [-0.15, -0.1) is 0 Å². The van der Waals surface area contributed by atoms with Crippen molar-refractivity contribution in [3.63, 3.8) is 0 Å². The molecule has 0 aliphatic rings. The smallest absolute Gasteiger partial charge is 0.370 e. The van der Waals surface area contributed by atoms with Gasteiger partial charge < -0.3 is 10.6 Å². The number of aromatic nitrogens is 2. The summed E-state index contributed by atoms with van der Waals surface area (Å²) in [7, 11) is 0. The molecule has 2 aromatic carbocycles. The Bertz CT molecular complexity index is 833. The molecule has 134 valence electrons. The third-order valence-electron chi connectivity index (χ3n) is 3.71. The minimum Gasteiger partial charge on any atom is -0.370 e. The van der Waals surface area contributed by atoms with E-state index in [1.165, 1.54) is 24.0 Å². The van der Waals surface area contributed by atoms with Crippen molar-refractivity contribution in [2.24, 2.45) is 0 Å². The summed E-state index contributed by atoms with van der Waals surface area (Å²) < 4.78 is 37.8. The highest BCUT2D eigenvalue weighted by molar-refractivity contribution is 5.59. The van der Waals surface area contributed by atoms with Crippen molar-refractivity contribution in [3.8, 4) is 0 Å². The van der Waals surface area contributed by atoms with Gasteiger partial charge in [-0.05, 0) is 36.2 Å². The number of nitrogens with zero attached hydrogens (tertiary/aromatic N) is 2. The van der Waals surface area contributed by atoms with E-state index in [0.717, 1.165) is 18.6 Å². The fraction of sp³-hybridized carbons (Fsp3) is 0.158. The Labute approximate surface area is 149 Å². The van der Waals surface area contributed by atoms with Crippen LogP contribution in [0.25, 0.3) is 0 Å². The van der Waals surface area contributed by atoms with E-state index in [2.05, 4.69) is 32.7 Å². The highest BCUT2D eigenvalue weighted by atomic mass is 19.4. The first-order valence-electron chi connectivity index (χ1n) is 8.05. The van der Waals surface area contributed by atoms with Crippen LogP contribution in [0.2, 0.25) is 0 Å². The second kappa shape index (κ2) is 7.86. The van der Waals surface area contributed by atoms with E-state index >= 15 is 0 Å². The Balaban J connectivity index is 1.58. The number of rotatable bonds is 6. The SMILES string of the molecule is FC(F)(F)c1ccc(Nc2cc(NCCc3ccccc3)ncn2)cc1. The van der Waals surface area contributed by atoms with Gasteiger partial charge in [0.2, 0.25) is 0 Å². The second-order valence-corrected chi connectivity index (χ2v) is 5.65. The molecule has 0 bridgehead atoms. The molecule has 0 aliphatic heterocycles. The third kappa shape index (κ3) is 4.95. The Morgan fingerprint density at radius 2 is 1.54 bits per heavy atom. The predicted molar refractivity (Wildman–Crippen MR) is 95.4 cm³/mol. The summed E-state index contributed by atoms with van der Waals surface area (Å²) in [5.41, 5.74) is 1.05. The van der Waals surface area contributed by atoms with E-state index in [-0.39, 0.29) is 0 Å². The highest BCUT2D eigenvalue weighted by Gasteiger charge is 2.29. The van der Waals surface area contributed by atoms with Crippen LogP contribution in [0.15, 0.2) is 67.0 Å². The molecule has 0 spiro atoms. The van der Waals surface area contributed by atoms with Crippen LogP contribution in [-0.4, -0.2) is 16.5 Å². The van der Waals surface area contributed by atoms with Crippen LogP contribution < -0.4 is 10.6 Å². The van der Waals surface area contributed by atoms with Gasteiger partial charge in [-0.1, -0.05) is 30.3 Å². The summed E-state index contributed by atoms with van der Waals surface area (Å²) in [4.78, 5) is 8.24. The molecule has 1 heterocycles. The molecular formula is C19H17F3N4. The fourth-order valence-corrected chi connectivity index (χ4v) is 2.39. The van der Waals surface area contributed by atoms with Gasteiger partial charge in [-0.3, -0.25) is 0 Å². The van der Waals surface area contributed by atoms with Crippen LogP contribution in [-0.2, 0) is 12.6 Å². The summed E-state index contributed by atoms with van der Waals surface area (Å²) in [5.74, 6) is 1.15. The maximum Gasteiger partial charge on any atom is 0.416 e. The van der Waals surface area contributed by atoms with Gasteiger partial charge in [-0.25, -0.2) is 9.97 Å². The zero-order valence-corrected chi connectivity index (χ0v) is 13.8. The molecule has 0 amide bonds. The zero-order chi connectivity index (χ0) is 18.4. The summed E-state index contributed by atoms with van der Waals surface area (Å²) in [6.45, 7) is 0.709. The van der Waals surface area contributed by atoms with E-state index in [1.807, 2.05) is 18.2 Å². The number of anilines is 3. The second-order valence-electron chi connectivity index (χ2n) is 5.65. The molecule has 0 saturated heterocycles. The van der Waals surface area contributed by atoms with Gasteiger partial charge in [-0.2, -0.15) is 13.2 Å². The summed E-state index contributed by atoms with van der Waals surface area (Å²) in [5, 5.41) is 6.18. The summed E-state index contributed by atoms with van der Waals surface area (Å²) >= 11 is 0. The van der Waals surface area contributed by atoms with Gasteiger partial charge >= 0.3 is 6.18 Å². The zero-order valence-electron chi connectivity index (χ0n) is 13.8. The van der Waals surface area contributed by atoms with E-state index in [9.17, 15) is 13.2 Å². The van der Waals surface area contributed by atoms with Gasteiger partial charge in [0, 0.05) is 18.3 Å². The van der Waals surface area contributed by atoms with Crippen molar-refractivity contribution in [1.29, 1.82) is 0 Å². The topological polar surface area (TPSA) is 49.8 Å². The Kier molecular flexibility index (Phi) is 5.36. The number of hydrogen-bond donors (Lipinski definition) is 2. The standard InChI is InChI=1S/C19H17F3N4/c20-19(21,22)15-6-8-16(9-7-15)26-18-12-17(24-13-25-18)23-11-10-14-4-2-1-3-5-14/h1-9,12-13H,10-11H2,(H2,23,24,25,26). The van der Waals surface area contributed by atoms with E-state index in [0.29, 0.717) is 23.9 Å². The van der Waals surface area contributed by atoms with Crippen LogP contribution in [0.4, 0.5) is 30.5 Å². The largest absolute Gasteiger partial charge is 0.416 e. The molecule has 3 aromatic rings. The van der Waals surface area contributed by atoms with Crippen molar-refractivity contribution in [2.75, 3.05) is 17.2 Å². The van der Waals surface area contributed by atoms with Gasteiger partial charge in [0.15, 0.2) is 0 Å². The van der Waals surface area contributed by atoms with Crippen molar-refractivity contribution >= 4 is 17.3 Å². The normalized spacial score (nSPS) is 11.2. The molecule has 1 aromatic heterocycles. The monoisotopic (exact) mass is 358 g/mol. The highest BCUT2D eigenvalue weighted by Crippen LogP contribution is 2.30.